The molecule has 3 fully saturated rings. The molecule has 1 nitrogen and oxygen atoms in total. The van der Waals surface area contributed by atoms with E-state index in [9.17, 15) is 0 Å². The number of aromatic nitrogens is 1. The molecule has 0 radical (unpaired) electrons. The van der Waals surface area contributed by atoms with E-state index in [2.05, 4.69) is 42.4 Å². The molecule has 6 atom stereocenters. The van der Waals surface area contributed by atoms with Crippen LogP contribution in [-0.2, 0) is 6.42 Å². The van der Waals surface area contributed by atoms with Crippen molar-refractivity contribution in [2.75, 3.05) is 0 Å². The van der Waals surface area contributed by atoms with E-state index >= 15 is 0 Å². The highest BCUT2D eigenvalue weighted by Crippen LogP contribution is 2.65. The number of allylic oxidation sites excluding steroid dienone is 2. The molecule has 4 aliphatic rings. The summed E-state index contributed by atoms with van der Waals surface area (Å²) in [6.45, 7) is 2.68. The van der Waals surface area contributed by atoms with E-state index in [1.165, 1.54) is 69.8 Å². The van der Waals surface area contributed by atoms with E-state index in [-0.39, 0.29) is 0 Å². The fourth-order valence-corrected chi connectivity index (χ4v) is 7.76. The Hall–Kier alpha value is -1.11. The summed E-state index contributed by atoms with van der Waals surface area (Å²) in [6.07, 6.45) is 23.6. The highest BCUT2D eigenvalue weighted by molar-refractivity contribution is 5.23. The third-order valence-corrected chi connectivity index (χ3v) is 8.93. The molecule has 1 heterocycles. The first-order chi connectivity index (χ1) is 12.2. The summed E-state index contributed by atoms with van der Waals surface area (Å²) in [4.78, 5) is 4.38. The van der Waals surface area contributed by atoms with Crippen LogP contribution in [0.3, 0.4) is 0 Å². The summed E-state index contributed by atoms with van der Waals surface area (Å²) >= 11 is 0. The molecular formula is C24H33N. The molecule has 0 saturated heterocycles. The maximum Gasteiger partial charge on any atom is 0.0300 e. The van der Waals surface area contributed by atoms with Crippen molar-refractivity contribution in [2.45, 2.75) is 71.1 Å². The molecule has 1 aromatic rings. The Balaban J connectivity index is 1.44. The largest absolute Gasteiger partial charge is 0.264 e. The lowest BCUT2D eigenvalue weighted by molar-refractivity contribution is -0.100. The van der Waals surface area contributed by atoms with E-state index in [4.69, 9.17) is 0 Å². The van der Waals surface area contributed by atoms with Gasteiger partial charge in [0.2, 0.25) is 0 Å². The second-order valence-electron chi connectivity index (χ2n) is 9.85. The van der Waals surface area contributed by atoms with Gasteiger partial charge in [0.05, 0.1) is 0 Å². The second kappa shape index (κ2) is 5.96. The van der Waals surface area contributed by atoms with Crippen LogP contribution in [0.1, 0.15) is 70.3 Å². The third-order valence-electron chi connectivity index (χ3n) is 8.93. The summed E-state index contributed by atoms with van der Waals surface area (Å²) < 4.78 is 0. The predicted octanol–water partition coefficient (Wildman–Crippen LogP) is 6.20. The fourth-order valence-electron chi connectivity index (χ4n) is 7.76. The van der Waals surface area contributed by atoms with E-state index in [0.717, 1.165) is 23.7 Å². The minimum absolute atomic E-state index is 0.433. The normalized spacial score (nSPS) is 45.5. The van der Waals surface area contributed by atoms with Gasteiger partial charge in [0, 0.05) is 12.4 Å². The van der Waals surface area contributed by atoms with Crippen LogP contribution in [0, 0.1) is 34.5 Å². The monoisotopic (exact) mass is 335 g/mol. The highest BCUT2D eigenvalue weighted by atomic mass is 14.6. The lowest BCUT2D eigenvalue weighted by Gasteiger charge is -2.60. The van der Waals surface area contributed by atoms with Gasteiger partial charge in [-0.15, -0.1) is 0 Å². The number of hydrogen-bond acceptors (Lipinski definition) is 1. The van der Waals surface area contributed by atoms with Gasteiger partial charge in [-0.1, -0.05) is 38.0 Å². The Kier molecular flexibility index (Phi) is 3.84. The highest BCUT2D eigenvalue weighted by Gasteiger charge is 2.57. The standard InChI is InChI=1S/C24H33N/c1-23-12-3-2-7-19(23)9-10-20-21(23)11-14-24(13-4-8-22(20)24)16-18-6-5-15-25-17-18/h4-6,13,15,17,19-22H,2-3,7-12,14,16H2,1H3/t19-,20-,21+,22+,23+,24+/m1/s1. The minimum atomic E-state index is 0.433. The lowest BCUT2D eigenvalue weighted by atomic mass is 9.44. The molecule has 134 valence electrons. The summed E-state index contributed by atoms with van der Waals surface area (Å²) in [5, 5.41) is 0. The Labute approximate surface area is 153 Å². The summed E-state index contributed by atoms with van der Waals surface area (Å²) in [6, 6.07) is 4.40. The van der Waals surface area contributed by atoms with Crippen molar-refractivity contribution in [2.24, 2.45) is 34.5 Å². The average molecular weight is 336 g/mol. The maximum absolute atomic E-state index is 4.38. The zero-order valence-electron chi connectivity index (χ0n) is 15.8. The number of rotatable bonds is 2. The van der Waals surface area contributed by atoms with Gasteiger partial charge in [-0.05, 0) is 97.5 Å². The van der Waals surface area contributed by atoms with Gasteiger partial charge in [0.1, 0.15) is 0 Å². The molecule has 5 rings (SSSR count). The number of fused-ring (bicyclic) bond motifs is 5. The molecule has 0 bridgehead atoms. The molecule has 0 aromatic carbocycles. The minimum Gasteiger partial charge on any atom is -0.264 e. The van der Waals surface area contributed by atoms with Crippen LogP contribution in [0.2, 0.25) is 0 Å². The third kappa shape index (κ3) is 2.45. The van der Waals surface area contributed by atoms with Gasteiger partial charge in [-0.2, -0.15) is 0 Å². The summed E-state index contributed by atoms with van der Waals surface area (Å²) in [5.74, 6) is 3.90. The van der Waals surface area contributed by atoms with Gasteiger partial charge in [0.15, 0.2) is 0 Å². The Morgan fingerprint density at radius 3 is 2.92 bits per heavy atom. The predicted molar refractivity (Wildman–Crippen MR) is 103 cm³/mol. The molecule has 1 heteroatoms. The Morgan fingerprint density at radius 2 is 2.04 bits per heavy atom. The van der Waals surface area contributed by atoms with Gasteiger partial charge in [0.25, 0.3) is 0 Å². The molecule has 3 saturated carbocycles. The Bertz CT molecular complexity index is 649. The molecule has 0 spiro atoms. The smallest absolute Gasteiger partial charge is 0.0300 e. The van der Waals surface area contributed by atoms with Gasteiger partial charge in [-0.25, -0.2) is 0 Å². The average Bonchev–Trinajstić information content (AvgIpc) is 3.06. The molecule has 0 amide bonds. The summed E-state index contributed by atoms with van der Waals surface area (Å²) in [7, 11) is 0. The van der Waals surface area contributed by atoms with Gasteiger partial charge >= 0.3 is 0 Å². The van der Waals surface area contributed by atoms with Crippen LogP contribution in [0.15, 0.2) is 36.7 Å². The SMILES string of the molecule is C[C@]12CCCC[C@@H]1CC[C@H]1[C@@H]3CC=C[C@@]3(Cc3cccnc3)CC[C@@H]12. The van der Waals surface area contributed by atoms with Crippen molar-refractivity contribution >= 4 is 0 Å². The van der Waals surface area contributed by atoms with Crippen molar-refractivity contribution in [3.8, 4) is 0 Å². The van der Waals surface area contributed by atoms with Crippen molar-refractivity contribution < 1.29 is 0 Å². The van der Waals surface area contributed by atoms with Crippen molar-refractivity contribution in [1.82, 2.24) is 4.98 Å². The fraction of sp³-hybridized carbons (Fsp3) is 0.708. The molecule has 4 aliphatic carbocycles. The molecule has 25 heavy (non-hydrogen) atoms. The summed E-state index contributed by atoms with van der Waals surface area (Å²) in [5.41, 5.74) is 2.53. The van der Waals surface area contributed by atoms with Crippen LogP contribution in [-0.4, -0.2) is 4.98 Å². The molecule has 0 unspecified atom stereocenters. The first-order valence-electron chi connectivity index (χ1n) is 10.8. The van der Waals surface area contributed by atoms with Crippen LogP contribution >= 0.6 is 0 Å². The Morgan fingerprint density at radius 1 is 1.08 bits per heavy atom. The van der Waals surface area contributed by atoms with Gasteiger partial charge < -0.3 is 0 Å². The molecule has 0 aliphatic heterocycles. The zero-order valence-corrected chi connectivity index (χ0v) is 15.8. The van der Waals surface area contributed by atoms with E-state index in [1.807, 2.05) is 6.20 Å². The second-order valence-corrected chi connectivity index (χ2v) is 9.85. The zero-order chi connectivity index (χ0) is 16.9. The van der Waals surface area contributed by atoms with E-state index in [0.29, 0.717) is 10.8 Å². The van der Waals surface area contributed by atoms with Crippen LogP contribution in [0.25, 0.3) is 0 Å². The molecule has 1 aromatic heterocycles. The van der Waals surface area contributed by atoms with E-state index < -0.39 is 0 Å². The quantitative estimate of drug-likeness (QED) is 0.586. The van der Waals surface area contributed by atoms with Crippen LogP contribution in [0.4, 0.5) is 0 Å². The number of nitrogens with zero attached hydrogens (tertiary/aromatic N) is 1. The lowest BCUT2D eigenvalue weighted by Crippen LogP contribution is -2.52. The van der Waals surface area contributed by atoms with Crippen LogP contribution < -0.4 is 0 Å². The van der Waals surface area contributed by atoms with Crippen molar-refractivity contribution in [3.05, 3.63) is 42.2 Å². The first-order valence-corrected chi connectivity index (χ1v) is 10.8. The van der Waals surface area contributed by atoms with Crippen LogP contribution in [0.5, 0.6) is 0 Å². The van der Waals surface area contributed by atoms with E-state index in [1.54, 1.807) is 0 Å². The molecular weight excluding hydrogens is 302 g/mol. The van der Waals surface area contributed by atoms with Crippen molar-refractivity contribution in [1.29, 1.82) is 0 Å². The van der Waals surface area contributed by atoms with Crippen molar-refractivity contribution in [3.63, 3.8) is 0 Å². The first kappa shape index (κ1) is 16.1. The van der Waals surface area contributed by atoms with Gasteiger partial charge in [-0.3, -0.25) is 4.98 Å². The molecule has 0 N–H and O–H groups in total. The maximum atomic E-state index is 4.38. The number of pyridine rings is 1. The topological polar surface area (TPSA) is 12.9 Å². The number of hydrogen-bond donors (Lipinski definition) is 0.